The van der Waals surface area contributed by atoms with E-state index in [0.717, 1.165) is 23.6 Å². The van der Waals surface area contributed by atoms with Crippen LogP contribution in [0, 0.1) is 5.82 Å². The van der Waals surface area contributed by atoms with Gasteiger partial charge in [0.25, 0.3) is 10.2 Å². The normalized spacial score (nSPS) is 32.4. The third-order valence-corrected chi connectivity index (χ3v) is 7.17. The van der Waals surface area contributed by atoms with Crippen molar-refractivity contribution < 1.29 is 17.6 Å². The van der Waals surface area contributed by atoms with Gasteiger partial charge in [-0.25, -0.2) is 4.39 Å². The predicted molar refractivity (Wildman–Crippen MR) is 97.0 cm³/mol. The van der Waals surface area contributed by atoms with Crippen molar-refractivity contribution >= 4 is 16.1 Å². The lowest BCUT2D eigenvalue weighted by Crippen LogP contribution is -2.60. The van der Waals surface area contributed by atoms with Crippen molar-refractivity contribution in [2.24, 2.45) is 0 Å². The summed E-state index contributed by atoms with van der Waals surface area (Å²) < 4.78 is 42.0. The molecular formula is C18H26FN3O3S. The van der Waals surface area contributed by atoms with E-state index in [-0.39, 0.29) is 23.8 Å². The maximum atomic E-state index is 13.2. The second kappa shape index (κ2) is 7.25. The number of likely N-dealkylation sites (N-methyl/N-ethyl adjacent to an activating group) is 1. The van der Waals surface area contributed by atoms with Crippen molar-refractivity contribution in [3.63, 3.8) is 0 Å². The maximum Gasteiger partial charge on any atom is 0.280 e. The first-order valence-electron chi connectivity index (χ1n) is 9.03. The Balaban J connectivity index is 1.89. The molecule has 144 valence electrons. The third-order valence-electron chi connectivity index (χ3n) is 5.57. The van der Waals surface area contributed by atoms with E-state index in [2.05, 4.69) is 4.72 Å². The molecule has 1 aromatic rings. The van der Waals surface area contributed by atoms with Gasteiger partial charge in [-0.15, -0.1) is 0 Å². The number of nitrogens with one attached hydrogen (secondary N) is 1. The summed E-state index contributed by atoms with van der Waals surface area (Å²) in [5.74, 6) is -0.530. The molecule has 0 radical (unpaired) electrons. The molecule has 0 unspecified atom stereocenters. The van der Waals surface area contributed by atoms with Crippen LogP contribution in [-0.4, -0.2) is 48.7 Å². The van der Waals surface area contributed by atoms with Gasteiger partial charge in [0.2, 0.25) is 5.91 Å². The molecule has 0 aliphatic carbocycles. The monoisotopic (exact) mass is 383 g/mol. The average molecular weight is 383 g/mol. The SMILES string of the molecule is C[C@@H]1CCC[C@@H](C)N1C(=O)[C@H]1C[C@@H](c2ccc(F)cc2)NS(=O)(=O)N1C. The van der Waals surface area contributed by atoms with Gasteiger partial charge >= 0.3 is 0 Å². The van der Waals surface area contributed by atoms with Crippen LogP contribution in [0.5, 0.6) is 0 Å². The highest BCUT2D eigenvalue weighted by atomic mass is 32.2. The van der Waals surface area contributed by atoms with Crippen LogP contribution in [0.3, 0.4) is 0 Å². The lowest BCUT2D eigenvalue weighted by molar-refractivity contribution is -0.142. The van der Waals surface area contributed by atoms with Gasteiger partial charge in [-0.3, -0.25) is 4.79 Å². The summed E-state index contributed by atoms with van der Waals surface area (Å²) in [6, 6.07) is 4.59. The molecule has 0 bridgehead atoms. The molecule has 1 aromatic carbocycles. The topological polar surface area (TPSA) is 69.7 Å². The van der Waals surface area contributed by atoms with Crippen molar-refractivity contribution in [1.29, 1.82) is 0 Å². The van der Waals surface area contributed by atoms with E-state index in [1.54, 1.807) is 12.1 Å². The number of piperidine rings is 1. The van der Waals surface area contributed by atoms with Gasteiger partial charge in [-0.05, 0) is 57.2 Å². The highest BCUT2D eigenvalue weighted by molar-refractivity contribution is 7.87. The Hall–Kier alpha value is -1.51. The Labute approximate surface area is 154 Å². The minimum Gasteiger partial charge on any atom is -0.336 e. The highest BCUT2D eigenvalue weighted by Crippen LogP contribution is 2.31. The Morgan fingerprint density at radius 1 is 1.15 bits per heavy atom. The van der Waals surface area contributed by atoms with Crippen molar-refractivity contribution in [1.82, 2.24) is 13.9 Å². The fourth-order valence-corrected chi connectivity index (χ4v) is 5.30. The van der Waals surface area contributed by atoms with Crippen LogP contribution in [0.4, 0.5) is 4.39 Å². The van der Waals surface area contributed by atoms with Crippen molar-refractivity contribution in [3.8, 4) is 0 Å². The van der Waals surface area contributed by atoms with Crippen LogP contribution >= 0.6 is 0 Å². The molecule has 26 heavy (non-hydrogen) atoms. The number of hydrogen-bond donors (Lipinski definition) is 1. The van der Waals surface area contributed by atoms with Crippen LogP contribution < -0.4 is 4.72 Å². The van der Waals surface area contributed by atoms with Gasteiger partial charge in [0.05, 0.1) is 0 Å². The zero-order chi connectivity index (χ0) is 19.1. The Morgan fingerprint density at radius 2 is 1.73 bits per heavy atom. The molecule has 2 heterocycles. The number of rotatable bonds is 2. The van der Waals surface area contributed by atoms with Gasteiger partial charge in [-0.1, -0.05) is 12.1 Å². The van der Waals surface area contributed by atoms with E-state index < -0.39 is 22.3 Å². The minimum absolute atomic E-state index is 0.0986. The van der Waals surface area contributed by atoms with E-state index in [4.69, 9.17) is 0 Å². The molecule has 0 aromatic heterocycles. The molecular weight excluding hydrogens is 357 g/mol. The van der Waals surface area contributed by atoms with Crippen LogP contribution in [0.2, 0.25) is 0 Å². The zero-order valence-corrected chi connectivity index (χ0v) is 16.2. The van der Waals surface area contributed by atoms with E-state index in [0.29, 0.717) is 12.0 Å². The predicted octanol–water partition coefficient (Wildman–Crippen LogP) is 2.19. The summed E-state index contributed by atoms with van der Waals surface area (Å²) in [4.78, 5) is 15.1. The lowest BCUT2D eigenvalue weighted by Gasteiger charge is -2.44. The van der Waals surface area contributed by atoms with Crippen LogP contribution in [0.1, 0.15) is 51.1 Å². The fourth-order valence-electron chi connectivity index (χ4n) is 4.03. The van der Waals surface area contributed by atoms with Gasteiger partial charge in [0, 0.05) is 25.2 Å². The van der Waals surface area contributed by atoms with Gasteiger partial charge in [0.15, 0.2) is 0 Å². The largest absolute Gasteiger partial charge is 0.336 e. The van der Waals surface area contributed by atoms with E-state index in [9.17, 15) is 17.6 Å². The summed E-state index contributed by atoms with van der Waals surface area (Å²) in [6.45, 7) is 4.03. The fraction of sp³-hybridized carbons (Fsp3) is 0.611. The standard InChI is InChI=1S/C18H26FN3O3S/c1-12-5-4-6-13(2)22(12)18(23)17-11-16(20-26(24,25)21(17)3)14-7-9-15(19)10-8-14/h7-10,12-13,16-17,20H,4-6,11H2,1-3H3/t12-,13-,16+,17-/m1/s1. The van der Waals surface area contributed by atoms with Crippen LogP contribution in [0.15, 0.2) is 24.3 Å². The summed E-state index contributed by atoms with van der Waals surface area (Å²) >= 11 is 0. The van der Waals surface area contributed by atoms with E-state index in [1.807, 2.05) is 18.7 Å². The number of carbonyl (C=O) groups is 1. The quantitative estimate of drug-likeness (QED) is 0.851. The molecule has 2 aliphatic rings. The molecule has 3 rings (SSSR count). The number of amides is 1. The first-order chi connectivity index (χ1) is 12.2. The number of halogens is 1. The van der Waals surface area contributed by atoms with Gasteiger partial charge < -0.3 is 4.90 Å². The summed E-state index contributed by atoms with van der Waals surface area (Å²) in [6.07, 6.45) is 3.25. The van der Waals surface area contributed by atoms with E-state index >= 15 is 0 Å². The third kappa shape index (κ3) is 3.63. The molecule has 0 spiro atoms. The Bertz CT molecular complexity index is 758. The Kier molecular flexibility index (Phi) is 5.37. The van der Waals surface area contributed by atoms with Gasteiger partial charge in [-0.2, -0.15) is 17.4 Å². The second-order valence-corrected chi connectivity index (χ2v) is 9.13. The van der Waals surface area contributed by atoms with Crippen molar-refractivity contribution in [3.05, 3.63) is 35.6 Å². The first kappa shape index (κ1) is 19.3. The number of benzene rings is 1. The number of nitrogens with zero attached hydrogens (tertiary/aromatic N) is 2. The average Bonchev–Trinajstić information content (AvgIpc) is 2.57. The molecule has 2 aliphatic heterocycles. The Morgan fingerprint density at radius 3 is 2.31 bits per heavy atom. The maximum absolute atomic E-state index is 13.2. The van der Waals surface area contributed by atoms with Gasteiger partial charge in [0.1, 0.15) is 11.9 Å². The molecule has 4 atom stereocenters. The molecule has 6 nitrogen and oxygen atoms in total. The highest BCUT2D eigenvalue weighted by Gasteiger charge is 2.44. The van der Waals surface area contributed by atoms with E-state index in [1.165, 1.54) is 19.2 Å². The minimum atomic E-state index is -3.79. The molecule has 1 N–H and O–H groups in total. The summed E-state index contributed by atoms with van der Waals surface area (Å²) in [7, 11) is -2.36. The lowest BCUT2D eigenvalue weighted by atomic mass is 9.94. The second-order valence-electron chi connectivity index (χ2n) is 7.37. The number of hydrogen-bond acceptors (Lipinski definition) is 3. The number of carbonyl (C=O) groups excluding carboxylic acids is 1. The molecule has 8 heteroatoms. The first-order valence-corrected chi connectivity index (χ1v) is 10.5. The van der Waals surface area contributed by atoms with Crippen molar-refractivity contribution in [2.45, 2.75) is 63.7 Å². The van der Waals surface area contributed by atoms with Crippen molar-refractivity contribution in [2.75, 3.05) is 7.05 Å². The zero-order valence-electron chi connectivity index (χ0n) is 15.4. The molecule has 0 saturated carbocycles. The summed E-state index contributed by atoms with van der Waals surface area (Å²) in [5.41, 5.74) is 0.653. The molecule has 2 saturated heterocycles. The molecule has 2 fully saturated rings. The smallest absolute Gasteiger partial charge is 0.280 e. The van der Waals surface area contributed by atoms with Crippen LogP contribution in [0.25, 0.3) is 0 Å². The molecule has 1 amide bonds. The number of likely N-dealkylation sites (tertiary alicyclic amines) is 1. The summed E-state index contributed by atoms with van der Waals surface area (Å²) in [5, 5.41) is 0. The van der Waals surface area contributed by atoms with Crippen LogP contribution in [-0.2, 0) is 15.0 Å².